The molecule has 0 aromatic carbocycles. The second kappa shape index (κ2) is 4.53. The van der Waals surface area contributed by atoms with Crippen LogP contribution in [0.2, 0.25) is 0 Å². The molecular formula is C12H15N5. The van der Waals surface area contributed by atoms with E-state index < -0.39 is 0 Å². The first-order valence-corrected chi connectivity index (χ1v) is 6.00. The maximum atomic E-state index is 4.58. The van der Waals surface area contributed by atoms with Crippen molar-refractivity contribution >= 4 is 5.82 Å². The molecule has 17 heavy (non-hydrogen) atoms. The topological polar surface area (TPSA) is 46.8 Å². The van der Waals surface area contributed by atoms with Crippen molar-refractivity contribution in [1.29, 1.82) is 0 Å². The molecule has 0 amide bonds. The van der Waals surface area contributed by atoms with Gasteiger partial charge in [-0.1, -0.05) is 0 Å². The van der Waals surface area contributed by atoms with E-state index in [0.717, 1.165) is 18.9 Å². The van der Waals surface area contributed by atoms with Gasteiger partial charge < -0.3 is 4.90 Å². The van der Waals surface area contributed by atoms with Gasteiger partial charge in [-0.2, -0.15) is 4.98 Å². The van der Waals surface area contributed by atoms with Gasteiger partial charge in [-0.05, 0) is 25.3 Å². The highest BCUT2D eigenvalue weighted by Crippen LogP contribution is 2.17. The maximum Gasteiger partial charge on any atom is 0.236 e. The SMILES string of the molecule is c1cn(-c2nccc(N3CCCCC3)n2)cn1. The Morgan fingerprint density at radius 2 is 1.94 bits per heavy atom. The van der Waals surface area contributed by atoms with E-state index in [-0.39, 0.29) is 0 Å². The number of anilines is 1. The van der Waals surface area contributed by atoms with Crippen LogP contribution < -0.4 is 4.90 Å². The molecule has 0 aliphatic carbocycles. The zero-order valence-corrected chi connectivity index (χ0v) is 9.66. The Morgan fingerprint density at radius 1 is 1.06 bits per heavy atom. The number of piperidine rings is 1. The molecule has 88 valence electrons. The van der Waals surface area contributed by atoms with Crippen molar-refractivity contribution < 1.29 is 0 Å². The fourth-order valence-electron chi connectivity index (χ4n) is 2.14. The highest BCUT2D eigenvalue weighted by atomic mass is 15.2. The molecule has 0 bridgehead atoms. The van der Waals surface area contributed by atoms with Crippen molar-refractivity contribution in [2.75, 3.05) is 18.0 Å². The third-order valence-corrected chi connectivity index (χ3v) is 3.04. The zero-order valence-electron chi connectivity index (χ0n) is 9.66. The zero-order chi connectivity index (χ0) is 11.5. The Balaban J connectivity index is 1.88. The van der Waals surface area contributed by atoms with Gasteiger partial charge in [0.05, 0.1) is 0 Å². The molecule has 1 aliphatic heterocycles. The van der Waals surface area contributed by atoms with Crippen molar-refractivity contribution in [3.8, 4) is 5.95 Å². The summed E-state index contributed by atoms with van der Waals surface area (Å²) in [6, 6.07) is 1.98. The lowest BCUT2D eigenvalue weighted by atomic mass is 10.1. The van der Waals surface area contributed by atoms with E-state index in [2.05, 4.69) is 19.9 Å². The number of aromatic nitrogens is 4. The number of imidazole rings is 1. The summed E-state index contributed by atoms with van der Waals surface area (Å²) in [5.74, 6) is 1.70. The normalized spacial score (nSPS) is 16.1. The molecule has 0 N–H and O–H groups in total. The van der Waals surface area contributed by atoms with E-state index in [1.54, 1.807) is 12.5 Å². The number of hydrogen-bond acceptors (Lipinski definition) is 4. The van der Waals surface area contributed by atoms with E-state index in [1.807, 2.05) is 23.0 Å². The predicted octanol–water partition coefficient (Wildman–Crippen LogP) is 1.65. The molecule has 1 aliphatic rings. The highest BCUT2D eigenvalue weighted by molar-refractivity contribution is 5.39. The van der Waals surface area contributed by atoms with Crippen LogP contribution in [-0.4, -0.2) is 32.6 Å². The van der Waals surface area contributed by atoms with Crippen LogP contribution in [0.5, 0.6) is 0 Å². The predicted molar refractivity (Wildman–Crippen MR) is 65.2 cm³/mol. The van der Waals surface area contributed by atoms with Crippen molar-refractivity contribution in [1.82, 2.24) is 19.5 Å². The summed E-state index contributed by atoms with van der Waals surface area (Å²) in [7, 11) is 0. The summed E-state index contributed by atoms with van der Waals surface area (Å²) in [5, 5.41) is 0. The molecule has 0 radical (unpaired) electrons. The summed E-state index contributed by atoms with van der Waals surface area (Å²) in [6.07, 6.45) is 11.0. The Kier molecular flexibility index (Phi) is 2.73. The van der Waals surface area contributed by atoms with E-state index in [9.17, 15) is 0 Å². The fraction of sp³-hybridized carbons (Fsp3) is 0.417. The average molecular weight is 229 g/mol. The van der Waals surface area contributed by atoms with Crippen molar-refractivity contribution in [3.05, 3.63) is 31.0 Å². The molecule has 0 saturated carbocycles. The van der Waals surface area contributed by atoms with Gasteiger partial charge in [0.15, 0.2) is 0 Å². The van der Waals surface area contributed by atoms with Gasteiger partial charge in [-0.15, -0.1) is 0 Å². The standard InChI is InChI=1S/C12H15N5/c1-2-7-16(8-3-1)11-4-5-14-12(15-11)17-9-6-13-10-17/h4-6,9-10H,1-3,7-8H2. The largest absolute Gasteiger partial charge is 0.356 e. The minimum absolute atomic E-state index is 0.686. The van der Waals surface area contributed by atoms with Crippen LogP contribution in [0.1, 0.15) is 19.3 Å². The van der Waals surface area contributed by atoms with Crippen LogP contribution in [0.15, 0.2) is 31.0 Å². The van der Waals surface area contributed by atoms with Crippen LogP contribution in [-0.2, 0) is 0 Å². The first-order valence-electron chi connectivity index (χ1n) is 6.00. The summed E-state index contributed by atoms with van der Waals surface area (Å²) < 4.78 is 1.83. The molecule has 2 aromatic heterocycles. The minimum atomic E-state index is 0.686. The third-order valence-electron chi connectivity index (χ3n) is 3.04. The lowest BCUT2D eigenvalue weighted by molar-refractivity contribution is 0.572. The highest BCUT2D eigenvalue weighted by Gasteiger charge is 2.12. The summed E-state index contributed by atoms with van der Waals surface area (Å²) in [4.78, 5) is 15.2. The Labute approximate surface area is 100 Å². The number of rotatable bonds is 2. The molecule has 2 aromatic rings. The molecule has 1 saturated heterocycles. The van der Waals surface area contributed by atoms with Gasteiger partial charge in [0.2, 0.25) is 5.95 Å². The van der Waals surface area contributed by atoms with Crippen LogP contribution in [0.4, 0.5) is 5.82 Å². The molecule has 3 rings (SSSR count). The van der Waals surface area contributed by atoms with E-state index in [1.165, 1.54) is 19.3 Å². The van der Waals surface area contributed by atoms with Gasteiger partial charge in [0, 0.05) is 31.7 Å². The van der Waals surface area contributed by atoms with Crippen molar-refractivity contribution in [3.63, 3.8) is 0 Å². The molecule has 1 fully saturated rings. The number of hydrogen-bond donors (Lipinski definition) is 0. The smallest absolute Gasteiger partial charge is 0.236 e. The molecule has 0 unspecified atom stereocenters. The summed E-state index contributed by atoms with van der Waals surface area (Å²) in [6.45, 7) is 2.20. The van der Waals surface area contributed by atoms with Crippen LogP contribution >= 0.6 is 0 Å². The van der Waals surface area contributed by atoms with Crippen molar-refractivity contribution in [2.45, 2.75) is 19.3 Å². The molecule has 0 spiro atoms. The molecule has 0 atom stereocenters. The Bertz CT molecular complexity index is 473. The Morgan fingerprint density at radius 3 is 2.71 bits per heavy atom. The molecule has 5 nitrogen and oxygen atoms in total. The van der Waals surface area contributed by atoms with E-state index in [0.29, 0.717) is 5.95 Å². The van der Waals surface area contributed by atoms with Gasteiger partial charge in [0.25, 0.3) is 0 Å². The fourth-order valence-corrected chi connectivity index (χ4v) is 2.14. The average Bonchev–Trinajstić information content (AvgIpc) is 2.94. The first kappa shape index (κ1) is 10.3. The van der Waals surface area contributed by atoms with Gasteiger partial charge in [-0.3, -0.25) is 4.57 Å². The molecule has 5 heteroatoms. The van der Waals surface area contributed by atoms with Crippen LogP contribution in [0, 0.1) is 0 Å². The number of nitrogens with zero attached hydrogens (tertiary/aromatic N) is 5. The minimum Gasteiger partial charge on any atom is -0.356 e. The van der Waals surface area contributed by atoms with E-state index in [4.69, 9.17) is 0 Å². The van der Waals surface area contributed by atoms with Crippen molar-refractivity contribution in [2.24, 2.45) is 0 Å². The second-order valence-corrected chi connectivity index (χ2v) is 4.23. The monoisotopic (exact) mass is 229 g/mol. The molecular weight excluding hydrogens is 214 g/mol. The summed E-state index contributed by atoms with van der Waals surface area (Å²) >= 11 is 0. The first-order chi connectivity index (χ1) is 8.43. The quantitative estimate of drug-likeness (QED) is 0.785. The van der Waals surface area contributed by atoms with Gasteiger partial charge >= 0.3 is 0 Å². The van der Waals surface area contributed by atoms with Crippen LogP contribution in [0.3, 0.4) is 0 Å². The van der Waals surface area contributed by atoms with Gasteiger partial charge in [-0.25, -0.2) is 9.97 Å². The summed E-state index contributed by atoms with van der Waals surface area (Å²) in [5.41, 5.74) is 0. The van der Waals surface area contributed by atoms with Crippen LogP contribution in [0.25, 0.3) is 5.95 Å². The second-order valence-electron chi connectivity index (χ2n) is 4.23. The lowest BCUT2D eigenvalue weighted by Gasteiger charge is -2.27. The molecule has 3 heterocycles. The third kappa shape index (κ3) is 2.13. The van der Waals surface area contributed by atoms with Gasteiger partial charge in [0.1, 0.15) is 12.1 Å². The lowest BCUT2D eigenvalue weighted by Crippen LogP contribution is -2.30. The Hall–Kier alpha value is -1.91. The maximum absolute atomic E-state index is 4.58. The van der Waals surface area contributed by atoms with E-state index >= 15 is 0 Å².